The maximum absolute atomic E-state index is 9.20. The lowest BCUT2D eigenvalue weighted by molar-refractivity contribution is 0.159. The van der Waals surface area contributed by atoms with Crippen LogP contribution in [0.15, 0.2) is 22.7 Å². The molecule has 1 aromatic rings. The fraction of sp³-hybridized carbons (Fsp3) is 0.500. The van der Waals surface area contributed by atoms with Crippen LogP contribution < -0.4 is 4.74 Å². The number of rotatable bonds is 4. The van der Waals surface area contributed by atoms with E-state index < -0.39 is 0 Å². The average Bonchev–Trinajstić information content (AvgIpc) is 2.20. The largest absolute Gasteiger partial charge is 0.496 e. The van der Waals surface area contributed by atoms with Crippen LogP contribution in [0.25, 0.3) is 0 Å². The van der Waals surface area contributed by atoms with E-state index >= 15 is 0 Å². The molecule has 0 aromatic heterocycles. The maximum Gasteiger partial charge on any atom is 0.133 e. The Morgan fingerprint density at radius 1 is 1.40 bits per heavy atom. The summed E-state index contributed by atoms with van der Waals surface area (Å²) in [4.78, 5) is 0. The minimum Gasteiger partial charge on any atom is -0.496 e. The van der Waals surface area contributed by atoms with Crippen molar-refractivity contribution in [3.8, 4) is 5.75 Å². The van der Waals surface area contributed by atoms with Crippen LogP contribution in [0.1, 0.15) is 19.4 Å². The number of hydrogen-bond donors (Lipinski definition) is 1. The molecule has 0 aliphatic rings. The molecule has 0 amide bonds. The first-order valence-electron chi connectivity index (χ1n) is 4.92. The van der Waals surface area contributed by atoms with Gasteiger partial charge in [0.05, 0.1) is 11.6 Å². The molecule has 3 heteroatoms. The Morgan fingerprint density at radius 3 is 2.60 bits per heavy atom. The summed E-state index contributed by atoms with van der Waals surface area (Å²) in [7, 11) is 1.65. The van der Waals surface area contributed by atoms with E-state index in [1.165, 1.54) is 5.56 Å². The Labute approximate surface area is 99.4 Å². The van der Waals surface area contributed by atoms with Crippen molar-refractivity contribution < 1.29 is 9.84 Å². The van der Waals surface area contributed by atoms with Crippen LogP contribution in [0.5, 0.6) is 5.75 Å². The van der Waals surface area contributed by atoms with Gasteiger partial charge in [0.2, 0.25) is 0 Å². The van der Waals surface area contributed by atoms with Crippen LogP contribution in [0.4, 0.5) is 0 Å². The highest BCUT2D eigenvalue weighted by atomic mass is 79.9. The molecule has 0 bridgehead atoms. The number of hydrogen-bond acceptors (Lipinski definition) is 2. The normalized spacial score (nSPS) is 11.5. The molecule has 1 aromatic carbocycles. The Hall–Kier alpha value is -0.540. The molecular formula is C12H17BrO2. The van der Waals surface area contributed by atoms with Gasteiger partial charge in [-0.25, -0.2) is 0 Å². The van der Waals surface area contributed by atoms with E-state index in [1.807, 2.05) is 32.0 Å². The van der Waals surface area contributed by atoms with Crippen LogP contribution in [0.3, 0.4) is 0 Å². The molecule has 0 saturated heterocycles. The highest BCUT2D eigenvalue weighted by Crippen LogP contribution is 2.29. The summed E-state index contributed by atoms with van der Waals surface area (Å²) in [5.41, 5.74) is 1.09. The van der Waals surface area contributed by atoms with Gasteiger partial charge in [-0.1, -0.05) is 19.9 Å². The lowest BCUT2D eigenvalue weighted by Gasteiger charge is -2.21. The molecule has 0 unspecified atom stereocenters. The van der Waals surface area contributed by atoms with Gasteiger partial charge >= 0.3 is 0 Å². The maximum atomic E-state index is 9.20. The number of halogens is 1. The van der Waals surface area contributed by atoms with Gasteiger partial charge in [-0.05, 0) is 45.5 Å². The molecule has 0 atom stereocenters. The number of benzene rings is 1. The lowest BCUT2D eigenvalue weighted by atomic mass is 9.87. The lowest BCUT2D eigenvalue weighted by Crippen LogP contribution is -2.19. The van der Waals surface area contributed by atoms with Crippen LogP contribution in [0.2, 0.25) is 0 Å². The Kier molecular flexibility index (Phi) is 4.17. The molecule has 1 N–H and O–H groups in total. The van der Waals surface area contributed by atoms with Crippen LogP contribution in [-0.4, -0.2) is 18.8 Å². The highest BCUT2D eigenvalue weighted by Gasteiger charge is 2.17. The summed E-state index contributed by atoms with van der Waals surface area (Å²) in [5.74, 6) is 0.834. The second-order valence-corrected chi connectivity index (χ2v) is 5.32. The first kappa shape index (κ1) is 12.5. The van der Waals surface area contributed by atoms with E-state index in [0.717, 1.165) is 16.6 Å². The Bertz CT molecular complexity index is 334. The van der Waals surface area contributed by atoms with Crippen LogP contribution in [0, 0.1) is 5.41 Å². The third-order valence-corrected chi connectivity index (χ3v) is 2.98. The Morgan fingerprint density at radius 2 is 2.07 bits per heavy atom. The molecule has 0 aliphatic carbocycles. The van der Waals surface area contributed by atoms with E-state index in [2.05, 4.69) is 15.9 Å². The van der Waals surface area contributed by atoms with Crippen molar-refractivity contribution in [3.05, 3.63) is 28.2 Å². The van der Waals surface area contributed by atoms with Crippen molar-refractivity contribution in [2.45, 2.75) is 20.3 Å². The minimum absolute atomic E-state index is 0.0845. The summed E-state index contributed by atoms with van der Waals surface area (Å²) in [6.45, 7) is 4.27. The van der Waals surface area contributed by atoms with E-state index in [0.29, 0.717) is 0 Å². The summed E-state index contributed by atoms with van der Waals surface area (Å²) >= 11 is 3.41. The van der Waals surface area contributed by atoms with Gasteiger partial charge in [-0.3, -0.25) is 0 Å². The topological polar surface area (TPSA) is 29.5 Å². The molecule has 0 radical (unpaired) electrons. The van der Waals surface area contributed by atoms with Crippen LogP contribution in [-0.2, 0) is 6.42 Å². The summed E-state index contributed by atoms with van der Waals surface area (Å²) in [6, 6.07) is 6.02. The predicted molar refractivity (Wildman–Crippen MR) is 65.3 cm³/mol. The predicted octanol–water partition coefficient (Wildman–Crippen LogP) is 3.02. The second-order valence-electron chi connectivity index (χ2n) is 4.47. The molecule has 0 fully saturated rings. The molecule has 15 heavy (non-hydrogen) atoms. The van der Waals surface area contributed by atoms with Gasteiger partial charge in [-0.2, -0.15) is 0 Å². The summed E-state index contributed by atoms with van der Waals surface area (Å²) in [5, 5.41) is 9.20. The molecular weight excluding hydrogens is 256 g/mol. The molecule has 0 aliphatic heterocycles. The van der Waals surface area contributed by atoms with Gasteiger partial charge in [0.1, 0.15) is 5.75 Å². The monoisotopic (exact) mass is 272 g/mol. The zero-order valence-electron chi connectivity index (χ0n) is 9.38. The quantitative estimate of drug-likeness (QED) is 0.913. The number of methoxy groups -OCH3 is 1. The average molecular weight is 273 g/mol. The number of aliphatic hydroxyl groups is 1. The second kappa shape index (κ2) is 4.99. The Balaban J connectivity index is 2.87. The first-order valence-corrected chi connectivity index (χ1v) is 5.71. The third kappa shape index (κ3) is 3.50. The molecule has 1 rings (SSSR count). The smallest absolute Gasteiger partial charge is 0.133 e. The van der Waals surface area contributed by atoms with Gasteiger partial charge in [0.25, 0.3) is 0 Å². The van der Waals surface area contributed by atoms with Crippen LogP contribution >= 0.6 is 15.9 Å². The van der Waals surface area contributed by atoms with Crippen molar-refractivity contribution in [2.75, 3.05) is 13.7 Å². The fourth-order valence-corrected chi connectivity index (χ4v) is 1.83. The van der Waals surface area contributed by atoms with Gasteiger partial charge in [-0.15, -0.1) is 0 Å². The van der Waals surface area contributed by atoms with E-state index in [-0.39, 0.29) is 12.0 Å². The molecule has 0 spiro atoms. The van der Waals surface area contributed by atoms with Crippen molar-refractivity contribution >= 4 is 15.9 Å². The van der Waals surface area contributed by atoms with Crippen molar-refractivity contribution in [1.82, 2.24) is 0 Å². The standard InChI is InChI=1S/C12H17BrO2/c1-12(2,8-14)7-9-4-5-10(13)11(6-9)15-3/h4-6,14H,7-8H2,1-3H3. The van der Waals surface area contributed by atoms with Gasteiger partial charge in [0, 0.05) is 6.61 Å². The number of ether oxygens (including phenoxy) is 1. The number of aliphatic hydroxyl groups excluding tert-OH is 1. The van der Waals surface area contributed by atoms with Gasteiger partial charge in [0.15, 0.2) is 0 Å². The van der Waals surface area contributed by atoms with E-state index in [4.69, 9.17) is 4.74 Å². The summed E-state index contributed by atoms with van der Waals surface area (Å²) in [6.07, 6.45) is 0.840. The zero-order chi connectivity index (χ0) is 11.5. The fourth-order valence-electron chi connectivity index (χ4n) is 1.42. The molecule has 2 nitrogen and oxygen atoms in total. The zero-order valence-corrected chi connectivity index (χ0v) is 11.0. The highest BCUT2D eigenvalue weighted by molar-refractivity contribution is 9.10. The van der Waals surface area contributed by atoms with E-state index in [9.17, 15) is 5.11 Å². The van der Waals surface area contributed by atoms with Crippen molar-refractivity contribution in [3.63, 3.8) is 0 Å². The van der Waals surface area contributed by atoms with Gasteiger partial charge < -0.3 is 9.84 Å². The van der Waals surface area contributed by atoms with Crippen molar-refractivity contribution in [2.24, 2.45) is 5.41 Å². The van der Waals surface area contributed by atoms with E-state index in [1.54, 1.807) is 7.11 Å². The third-order valence-electron chi connectivity index (χ3n) is 2.33. The molecule has 0 saturated carbocycles. The molecule has 0 heterocycles. The minimum atomic E-state index is -0.0845. The molecule has 84 valence electrons. The van der Waals surface area contributed by atoms with Crippen molar-refractivity contribution in [1.29, 1.82) is 0 Å². The SMILES string of the molecule is COc1cc(CC(C)(C)CO)ccc1Br. The summed E-state index contributed by atoms with van der Waals surface area (Å²) < 4.78 is 6.18. The first-order chi connectivity index (χ1) is 6.98.